The minimum absolute atomic E-state index is 0.0108. The van der Waals surface area contributed by atoms with E-state index in [2.05, 4.69) is 16.8 Å². The second kappa shape index (κ2) is 7.01. The minimum atomic E-state index is 0.0108. The molecule has 0 aromatic carbocycles. The summed E-state index contributed by atoms with van der Waals surface area (Å²) in [6.45, 7) is 11.3. The third-order valence-electron chi connectivity index (χ3n) is 5.05. The van der Waals surface area contributed by atoms with Gasteiger partial charge in [-0.25, -0.2) is 4.98 Å². The SMILES string of the molecule is CC[C@@H]1CN(C(=O)c2ncoc2C(C)C)C[C@@H]1N1CCOCC1. The standard InChI is InChI=1S/C17H27N3O3/c1-4-13-9-20(10-14(13)19-5-7-22-8-6-19)17(21)15-16(12(2)3)23-11-18-15/h11-14H,4-10H2,1-3H3/t13-,14+/m1/s1. The first-order valence-corrected chi connectivity index (χ1v) is 8.66. The van der Waals surface area contributed by atoms with Crippen molar-refractivity contribution in [1.82, 2.24) is 14.8 Å². The lowest BCUT2D eigenvalue weighted by Gasteiger charge is -2.34. The zero-order chi connectivity index (χ0) is 16.4. The van der Waals surface area contributed by atoms with Gasteiger partial charge in [-0.15, -0.1) is 0 Å². The number of aromatic nitrogens is 1. The number of nitrogens with zero attached hydrogens (tertiary/aromatic N) is 3. The summed E-state index contributed by atoms with van der Waals surface area (Å²) in [6.07, 6.45) is 2.47. The fraction of sp³-hybridized carbons (Fsp3) is 0.765. The summed E-state index contributed by atoms with van der Waals surface area (Å²) in [5, 5.41) is 0. The van der Waals surface area contributed by atoms with E-state index in [4.69, 9.17) is 9.15 Å². The Bertz CT molecular complexity index is 537. The molecule has 3 heterocycles. The largest absolute Gasteiger partial charge is 0.447 e. The third kappa shape index (κ3) is 3.28. The lowest BCUT2D eigenvalue weighted by atomic mass is 9.99. The number of oxazole rings is 1. The van der Waals surface area contributed by atoms with E-state index in [0.29, 0.717) is 23.4 Å². The van der Waals surface area contributed by atoms with Crippen molar-refractivity contribution in [1.29, 1.82) is 0 Å². The molecule has 6 heteroatoms. The number of rotatable bonds is 4. The number of carbonyl (C=O) groups is 1. The maximum Gasteiger partial charge on any atom is 0.276 e. The van der Waals surface area contributed by atoms with Crippen LogP contribution in [0, 0.1) is 5.92 Å². The van der Waals surface area contributed by atoms with Crippen LogP contribution in [0.4, 0.5) is 0 Å². The van der Waals surface area contributed by atoms with Crippen LogP contribution in [0.5, 0.6) is 0 Å². The number of likely N-dealkylation sites (tertiary alicyclic amines) is 1. The Labute approximate surface area is 137 Å². The molecule has 128 valence electrons. The van der Waals surface area contributed by atoms with E-state index in [1.165, 1.54) is 6.39 Å². The third-order valence-corrected chi connectivity index (χ3v) is 5.05. The van der Waals surface area contributed by atoms with Gasteiger partial charge in [0.05, 0.1) is 13.2 Å². The molecule has 2 fully saturated rings. The first kappa shape index (κ1) is 16.5. The quantitative estimate of drug-likeness (QED) is 0.849. The Morgan fingerprint density at radius 3 is 2.74 bits per heavy atom. The molecule has 1 amide bonds. The second-order valence-corrected chi connectivity index (χ2v) is 6.81. The number of hydrogen-bond acceptors (Lipinski definition) is 5. The molecule has 0 bridgehead atoms. The molecule has 0 aliphatic carbocycles. The summed E-state index contributed by atoms with van der Waals surface area (Å²) >= 11 is 0. The molecule has 2 atom stereocenters. The van der Waals surface area contributed by atoms with Gasteiger partial charge in [-0.1, -0.05) is 27.2 Å². The van der Waals surface area contributed by atoms with Crippen LogP contribution in [-0.4, -0.2) is 66.1 Å². The van der Waals surface area contributed by atoms with Gasteiger partial charge in [-0.05, 0) is 5.92 Å². The summed E-state index contributed by atoms with van der Waals surface area (Å²) in [5.41, 5.74) is 0.484. The molecule has 1 aromatic heterocycles. The van der Waals surface area contributed by atoms with Crippen LogP contribution in [0.1, 0.15) is 49.4 Å². The highest BCUT2D eigenvalue weighted by Crippen LogP contribution is 2.28. The molecule has 23 heavy (non-hydrogen) atoms. The molecule has 2 saturated heterocycles. The average Bonchev–Trinajstić information content (AvgIpc) is 3.22. The molecule has 0 N–H and O–H groups in total. The predicted molar refractivity (Wildman–Crippen MR) is 86.5 cm³/mol. The van der Waals surface area contributed by atoms with Crippen molar-refractivity contribution in [3.8, 4) is 0 Å². The molecule has 2 aliphatic heterocycles. The molecule has 0 spiro atoms. The van der Waals surface area contributed by atoms with E-state index in [1.54, 1.807) is 0 Å². The number of morpholine rings is 1. The molecular weight excluding hydrogens is 294 g/mol. The van der Waals surface area contributed by atoms with Crippen molar-refractivity contribution >= 4 is 5.91 Å². The van der Waals surface area contributed by atoms with Gasteiger partial charge in [0.25, 0.3) is 5.91 Å². The molecule has 0 radical (unpaired) electrons. The van der Waals surface area contributed by atoms with Crippen molar-refractivity contribution in [3.05, 3.63) is 17.8 Å². The number of ether oxygens (including phenoxy) is 1. The Morgan fingerprint density at radius 2 is 2.09 bits per heavy atom. The van der Waals surface area contributed by atoms with Crippen molar-refractivity contribution in [3.63, 3.8) is 0 Å². The lowest BCUT2D eigenvalue weighted by Crippen LogP contribution is -2.47. The van der Waals surface area contributed by atoms with Gasteiger partial charge in [0, 0.05) is 38.1 Å². The fourth-order valence-corrected chi connectivity index (χ4v) is 3.72. The summed E-state index contributed by atoms with van der Waals surface area (Å²) in [4.78, 5) is 21.5. The van der Waals surface area contributed by atoms with Crippen LogP contribution in [0.3, 0.4) is 0 Å². The summed E-state index contributed by atoms with van der Waals surface area (Å²) in [5.74, 6) is 1.39. The van der Waals surface area contributed by atoms with Crippen LogP contribution < -0.4 is 0 Å². The van der Waals surface area contributed by atoms with E-state index in [0.717, 1.165) is 45.8 Å². The smallest absolute Gasteiger partial charge is 0.276 e. The van der Waals surface area contributed by atoms with Gasteiger partial charge in [0.2, 0.25) is 0 Å². The number of amides is 1. The Balaban J connectivity index is 1.73. The molecule has 1 aromatic rings. The zero-order valence-corrected chi connectivity index (χ0v) is 14.3. The topological polar surface area (TPSA) is 58.8 Å². The van der Waals surface area contributed by atoms with Crippen molar-refractivity contribution in [2.75, 3.05) is 39.4 Å². The van der Waals surface area contributed by atoms with Gasteiger partial charge in [-0.3, -0.25) is 9.69 Å². The van der Waals surface area contributed by atoms with Crippen LogP contribution in [0.25, 0.3) is 0 Å². The first-order chi connectivity index (χ1) is 11.1. The van der Waals surface area contributed by atoms with E-state index in [-0.39, 0.29) is 11.8 Å². The average molecular weight is 321 g/mol. The number of carbonyl (C=O) groups excluding carboxylic acids is 1. The summed E-state index contributed by atoms with van der Waals surface area (Å²) < 4.78 is 10.9. The Morgan fingerprint density at radius 1 is 1.35 bits per heavy atom. The zero-order valence-electron chi connectivity index (χ0n) is 14.3. The van der Waals surface area contributed by atoms with Crippen molar-refractivity contribution in [2.45, 2.75) is 39.2 Å². The molecule has 6 nitrogen and oxygen atoms in total. The van der Waals surface area contributed by atoms with Crippen LogP contribution in [0.15, 0.2) is 10.8 Å². The highest BCUT2D eigenvalue weighted by atomic mass is 16.5. The van der Waals surface area contributed by atoms with E-state index in [9.17, 15) is 4.79 Å². The lowest BCUT2D eigenvalue weighted by molar-refractivity contribution is 0.0102. The molecule has 0 unspecified atom stereocenters. The summed E-state index contributed by atoms with van der Waals surface area (Å²) in [7, 11) is 0. The van der Waals surface area contributed by atoms with Crippen LogP contribution in [-0.2, 0) is 4.74 Å². The number of hydrogen-bond donors (Lipinski definition) is 0. The fourth-order valence-electron chi connectivity index (χ4n) is 3.72. The summed E-state index contributed by atoms with van der Waals surface area (Å²) in [6, 6.07) is 0.433. The van der Waals surface area contributed by atoms with E-state index < -0.39 is 0 Å². The van der Waals surface area contributed by atoms with Crippen LogP contribution >= 0.6 is 0 Å². The predicted octanol–water partition coefficient (Wildman–Crippen LogP) is 1.98. The minimum Gasteiger partial charge on any atom is -0.447 e. The van der Waals surface area contributed by atoms with Gasteiger partial charge in [0.15, 0.2) is 12.1 Å². The highest BCUT2D eigenvalue weighted by molar-refractivity contribution is 5.93. The van der Waals surface area contributed by atoms with Gasteiger partial charge in [0.1, 0.15) is 5.76 Å². The van der Waals surface area contributed by atoms with E-state index >= 15 is 0 Å². The maximum atomic E-state index is 12.9. The Hall–Kier alpha value is -1.40. The normalized spacial score (nSPS) is 26.2. The van der Waals surface area contributed by atoms with Crippen molar-refractivity contribution in [2.24, 2.45) is 5.92 Å². The van der Waals surface area contributed by atoms with Crippen LogP contribution in [0.2, 0.25) is 0 Å². The highest BCUT2D eigenvalue weighted by Gasteiger charge is 2.39. The molecular formula is C17H27N3O3. The molecule has 2 aliphatic rings. The molecule has 0 saturated carbocycles. The van der Waals surface area contributed by atoms with E-state index in [1.807, 2.05) is 18.7 Å². The van der Waals surface area contributed by atoms with Crippen molar-refractivity contribution < 1.29 is 13.9 Å². The second-order valence-electron chi connectivity index (χ2n) is 6.81. The van der Waals surface area contributed by atoms with Gasteiger partial charge < -0.3 is 14.1 Å². The Kier molecular flexibility index (Phi) is 5.02. The first-order valence-electron chi connectivity index (χ1n) is 8.66. The van der Waals surface area contributed by atoms with Gasteiger partial charge in [-0.2, -0.15) is 0 Å². The monoisotopic (exact) mass is 321 g/mol. The van der Waals surface area contributed by atoms with Gasteiger partial charge >= 0.3 is 0 Å². The maximum absolute atomic E-state index is 12.9. The molecule has 3 rings (SSSR count).